The predicted molar refractivity (Wildman–Crippen MR) is 43.2 cm³/mol. The minimum Gasteiger partial charge on any atom is -0.295 e. The van der Waals surface area contributed by atoms with Gasteiger partial charge in [0, 0.05) is 0 Å². The van der Waals surface area contributed by atoms with Gasteiger partial charge in [0.1, 0.15) is 0 Å². The van der Waals surface area contributed by atoms with E-state index >= 15 is 0 Å². The van der Waals surface area contributed by atoms with Crippen molar-refractivity contribution in [1.29, 1.82) is 0 Å². The zero-order chi connectivity index (χ0) is 7.49. The summed E-state index contributed by atoms with van der Waals surface area (Å²) in [7, 11) is -1.12. The molecule has 0 aromatic rings. The fourth-order valence-electron chi connectivity index (χ4n) is 0.367. The van der Waals surface area contributed by atoms with Gasteiger partial charge in [-0.05, 0) is 13.0 Å². The average molecular weight is 142 g/mol. The van der Waals surface area contributed by atoms with Crippen LogP contribution in [0.1, 0.15) is 6.92 Å². The van der Waals surface area contributed by atoms with Crippen molar-refractivity contribution >= 4 is 13.9 Å². The smallest absolute Gasteiger partial charge is 0.151 e. The van der Waals surface area contributed by atoms with Crippen LogP contribution in [-0.4, -0.2) is 13.9 Å². The second-order valence-corrected chi connectivity index (χ2v) is 8.38. The molecule has 0 aliphatic carbocycles. The molecule has 0 N–H and O–H groups in total. The Labute approximate surface area is 57.8 Å². The Kier molecular flexibility index (Phi) is 2.84. The summed E-state index contributed by atoms with van der Waals surface area (Å²) >= 11 is 0. The van der Waals surface area contributed by atoms with Gasteiger partial charge in [0.15, 0.2) is 5.78 Å². The Balaban J connectivity index is 3.86. The fourth-order valence-corrected chi connectivity index (χ4v) is 1.10. The zero-order valence-corrected chi connectivity index (χ0v) is 7.56. The summed E-state index contributed by atoms with van der Waals surface area (Å²) in [6, 6.07) is 0. The van der Waals surface area contributed by atoms with Crippen LogP contribution in [0.5, 0.6) is 0 Å². The number of hydrogen-bond acceptors (Lipinski definition) is 1. The molecule has 0 rings (SSSR count). The average Bonchev–Trinajstić information content (AvgIpc) is 1.59. The molecule has 0 aromatic carbocycles. The third-order valence-corrected chi connectivity index (χ3v) is 1.98. The van der Waals surface area contributed by atoms with Crippen LogP contribution in [0.15, 0.2) is 11.8 Å². The molecule has 1 nitrogen and oxygen atoms in total. The van der Waals surface area contributed by atoms with E-state index < -0.39 is 8.07 Å². The summed E-state index contributed by atoms with van der Waals surface area (Å²) in [5.74, 6) is 0.150. The van der Waals surface area contributed by atoms with Crippen LogP contribution < -0.4 is 0 Å². The number of carbonyl (C=O) groups is 1. The van der Waals surface area contributed by atoms with Gasteiger partial charge in [0.05, 0.1) is 8.07 Å². The van der Waals surface area contributed by atoms with E-state index in [1.54, 1.807) is 13.0 Å². The van der Waals surface area contributed by atoms with Gasteiger partial charge in [-0.25, -0.2) is 0 Å². The highest BCUT2D eigenvalue weighted by molar-refractivity contribution is 6.81. The van der Waals surface area contributed by atoms with Crippen LogP contribution in [0.2, 0.25) is 19.6 Å². The number of rotatable bonds is 2. The molecule has 0 spiro atoms. The summed E-state index contributed by atoms with van der Waals surface area (Å²) in [5, 5.41) is 0. The van der Waals surface area contributed by atoms with Crippen LogP contribution in [0.25, 0.3) is 0 Å². The lowest BCUT2D eigenvalue weighted by molar-refractivity contribution is -0.112. The second kappa shape index (κ2) is 2.97. The molecule has 2 heteroatoms. The number of allylic oxidation sites excluding steroid dienone is 1. The van der Waals surface area contributed by atoms with Gasteiger partial charge in [-0.3, -0.25) is 4.79 Å². The Morgan fingerprint density at radius 3 is 1.89 bits per heavy atom. The van der Waals surface area contributed by atoms with Crippen LogP contribution in [0.3, 0.4) is 0 Å². The normalized spacial score (nSPS) is 12.4. The summed E-state index contributed by atoms with van der Waals surface area (Å²) in [4.78, 5) is 10.4. The molecule has 0 bridgehead atoms. The van der Waals surface area contributed by atoms with Crippen molar-refractivity contribution in [3.63, 3.8) is 0 Å². The van der Waals surface area contributed by atoms with Crippen molar-refractivity contribution in [3.05, 3.63) is 11.8 Å². The van der Waals surface area contributed by atoms with Gasteiger partial charge in [0.25, 0.3) is 0 Å². The maximum Gasteiger partial charge on any atom is 0.151 e. The van der Waals surface area contributed by atoms with Crippen molar-refractivity contribution in [1.82, 2.24) is 0 Å². The minimum absolute atomic E-state index is 0.150. The first-order chi connectivity index (χ1) is 3.92. The minimum atomic E-state index is -1.12. The molecule has 0 radical (unpaired) electrons. The van der Waals surface area contributed by atoms with E-state index in [0.717, 1.165) is 0 Å². The first kappa shape index (κ1) is 8.63. The SMILES string of the molecule is CC(=O)C=C[Si](C)(C)C. The van der Waals surface area contributed by atoms with Crippen LogP contribution in [0, 0.1) is 0 Å². The number of carbonyl (C=O) groups excluding carboxylic acids is 1. The van der Waals surface area contributed by atoms with E-state index in [4.69, 9.17) is 0 Å². The van der Waals surface area contributed by atoms with E-state index in [2.05, 4.69) is 25.3 Å². The monoisotopic (exact) mass is 142 g/mol. The molecule has 52 valence electrons. The predicted octanol–water partition coefficient (Wildman–Crippen LogP) is 2.01. The highest BCUT2D eigenvalue weighted by Gasteiger charge is 2.06. The summed E-state index contributed by atoms with van der Waals surface area (Å²) < 4.78 is 0. The Hall–Kier alpha value is -0.373. The molecule has 0 amide bonds. The van der Waals surface area contributed by atoms with E-state index in [9.17, 15) is 4.79 Å². The maximum atomic E-state index is 10.4. The lowest BCUT2D eigenvalue weighted by Crippen LogP contribution is -2.15. The molecule has 9 heavy (non-hydrogen) atoms. The van der Waals surface area contributed by atoms with Gasteiger partial charge >= 0.3 is 0 Å². The molecular formula is C7H14OSi. The molecule has 0 saturated heterocycles. The first-order valence-corrected chi connectivity index (χ1v) is 6.69. The van der Waals surface area contributed by atoms with Gasteiger partial charge in [0.2, 0.25) is 0 Å². The molecule has 0 fully saturated rings. The van der Waals surface area contributed by atoms with Crippen LogP contribution >= 0.6 is 0 Å². The van der Waals surface area contributed by atoms with Crippen LogP contribution in [-0.2, 0) is 4.79 Å². The third-order valence-electron chi connectivity index (χ3n) is 0.818. The van der Waals surface area contributed by atoms with Gasteiger partial charge < -0.3 is 0 Å². The van der Waals surface area contributed by atoms with E-state index in [-0.39, 0.29) is 5.78 Å². The Morgan fingerprint density at radius 1 is 1.33 bits per heavy atom. The maximum absolute atomic E-state index is 10.4. The quantitative estimate of drug-likeness (QED) is 0.426. The van der Waals surface area contributed by atoms with Crippen molar-refractivity contribution in [2.45, 2.75) is 26.6 Å². The largest absolute Gasteiger partial charge is 0.295 e. The van der Waals surface area contributed by atoms with Crippen molar-refractivity contribution in [2.24, 2.45) is 0 Å². The number of hydrogen-bond donors (Lipinski definition) is 0. The van der Waals surface area contributed by atoms with Crippen molar-refractivity contribution in [2.75, 3.05) is 0 Å². The lowest BCUT2D eigenvalue weighted by Gasteiger charge is -2.06. The van der Waals surface area contributed by atoms with Crippen molar-refractivity contribution in [3.8, 4) is 0 Å². The lowest BCUT2D eigenvalue weighted by atomic mass is 10.5. The summed E-state index contributed by atoms with van der Waals surface area (Å²) in [6.07, 6.45) is 1.67. The zero-order valence-electron chi connectivity index (χ0n) is 6.56. The molecule has 0 atom stereocenters. The second-order valence-electron chi connectivity index (χ2n) is 3.31. The molecule has 0 aliphatic rings. The highest BCUT2D eigenvalue weighted by Crippen LogP contribution is 2.00. The first-order valence-electron chi connectivity index (χ1n) is 3.11. The molecular weight excluding hydrogens is 128 g/mol. The summed E-state index contributed by atoms with van der Waals surface area (Å²) in [6.45, 7) is 8.18. The third kappa shape index (κ3) is 7.63. The number of ketones is 1. The van der Waals surface area contributed by atoms with E-state index in [1.165, 1.54) is 0 Å². The van der Waals surface area contributed by atoms with E-state index in [0.29, 0.717) is 0 Å². The van der Waals surface area contributed by atoms with Gasteiger partial charge in [-0.1, -0.05) is 25.3 Å². The fraction of sp³-hybridized carbons (Fsp3) is 0.571. The van der Waals surface area contributed by atoms with Gasteiger partial charge in [-0.2, -0.15) is 0 Å². The Morgan fingerprint density at radius 2 is 1.78 bits per heavy atom. The van der Waals surface area contributed by atoms with Crippen LogP contribution in [0.4, 0.5) is 0 Å². The standard InChI is InChI=1S/C7H14OSi/c1-7(8)5-6-9(2,3)4/h5-6H,1-4H3. The highest BCUT2D eigenvalue weighted by atomic mass is 28.3. The topological polar surface area (TPSA) is 17.1 Å². The molecule has 0 unspecified atom stereocenters. The molecule has 0 heterocycles. The van der Waals surface area contributed by atoms with E-state index in [1.807, 2.05) is 0 Å². The summed E-state index contributed by atoms with van der Waals surface area (Å²) in [5.41, 5.74) is 2.05. The molecule has 0 aliphatic heterocycles. The molecule has 0 aromatic heterocycles. The van der Waals surface area contributed by atoms with Gasteiger partial charge in [-0.15, -0.1) is 0 Å². The van der Waals surface area contributed by atoms with Crippen molar-refractivity contribution < 1.29 is 4.79 Å². The Bertz CT molecular complexity index is 130. The molecule has 0 saturated carbocycles.